The van der Waals surface area contributed by atoms with E-state index in [1.165, 1.54) is 11.1 Å². The normalized spacial score (nSPS) is 22.2. The largest absolute Gasteiger partial charge is 0.375 e. The van der Waals surface area contributed by atoms with Crippen LogP contribution >= 0.6 is 0 Å². The Bertz CT molecular complexity index is 698. The van der Waals surface area contributed by atoms with Crippen LogP contribution in [-0.4, -0.2) is 41.8 Å². The summed E-state index contributed by atoms with van der Waals surface area (Å²) >= 11 is 0. The van der Waals surface area contributed by atoms with Gasteiger partial charge in [-0.2, -0.15) is 0 Å². The van der Waals surface area contributed by atoms with Gasteiger partial charge in [-0.25, -0.2) is 0 Å². The Morgan fingerprint density at radius 2 is 2.16 bits per heavy atom. The Balaban J connectivity index is 1.27. The quantitative estimate of drug-likeness (QED) is 0.810. The number of aromatic nitrogens is 1. The summed E-state index contributed by atoms with van der Waals surface area (Å²) < 4.78 is 12.1. The molecule has 1 spiro atoms. The van der Waals surface area contributed by atoms with Crippen LogP contribution in [0.4, 0.5) is 0 Å². The molecular formula is C21H26N2O2. The van der Waals surface area contributed by atoms with Crippen molar-refractivity contribution in [2.75, 3.05) is 26.3 Å². The smallest absolute Gasteiger partial charge is 0.0985 e. The number of benzene rings is 1. The highest BCUT2D eigenvalue weighted by Gasteiger charge is 2.52. The van der Waals surface area contributed by atoms with E-state index in [9.17, 15) is 0 Å². The lowest BCUT2D eigenvalue weighted by molar-refractivity contribution is -0.146. The first-order valence-corrected chi connectivity index (χ1v) is 9.13. The fraction of sp³-hybridized carbons (Fsp3) is 0.476. The molecule has 25 heavy (non-hydrogen) atoms. The van der Waals surface area contributed by atoms with Crippen LogP contribution in [0.1, 0.15) is 23.2 Å². The maximum absolute atomic E-state index is 6.15. The van der Waals surface area contributed by atoms with Gasteiger partial charge in [-0.15, -0.1) is 0 Å². The van der Waals surface area contributed by atoms with Gasteiger partial charge in [0.15, 0.2) is 0 Å². The Morgan fingerprint density at radius 1 is 1.24 bits per heavy atom. The van der Waals surface area contributed by atoms with Crippen molar-refractivity contribution in [3.05, 3.63) is 65.5 Å². The molecule has 4 rings (SSSR count). The highest BCUT2D eigenvalue weighted by Crippen LogP contribution is 2.40. The van der Waals surface area contributed by atoms with Gasteiger partial charge >= 0.3 is 0 Å². The molecule has 1 unspecified atom stereocenters. The average Bonchev–Trinajstić information content (AvgIpc) is 2.99. The maximum Gasteiger partial charge on any atom is 0.0985 e. The summed E-state index contributed by atoms with van der Waals surface area (Å²) in [5.74, 6) is 0.491. The van der Waals surface area contributed by atoms with Gasteiger partial charge in [-0.05, 0) is 31.0 Å². The number of aryl methyl sites for hydroxylation is 1. The lowest BCUT2D eigenvalue weighted by Gasteiger charge is -2.50. The average molecular weight is 338 g/mol. The summed E-state index contributed by atoms with van der Waals surface area (Å²) in [7, 11) is 0. The third-order valence-electron chi connectivity index (χ3n) is 5.37. The van der Waals surface area contributed by atoms with Crippen LogP contribution in [0.2, 0.25) is 0 Å². The van der Waals surface area contributed by atoms with Gasteiger partial charge in [0.2, 0.25) is 0 Å². The number of pyridine rings is 1. The summed E-state index contributed by atoms with van der Waals surface area (Å²) in [6.45, 7) is 7.38. The van der Waals surface area contributed by atoms with E-state index in [1.807, 2.05) is 24.4 Å². The minimum absolute atomic E-state index is 0.00788. The maximum atomic E-state index is 6.15. The standard InChI is InChI=1S/C21H26N2O2/c1-17-5-4-6-18(11-17)12-23-15-21(16-23)19(8-10-25-21)13-24-14-20-7-2-3-9-22-20/h2-7,9,11,19H,8,10,12-16H2,1H3. The number of ether oxygens (including phenoxy) is 2. The van der Waals surface area contributed by atoms with Gasteiger partial charge in [0.25, 0.3) is 0 Å². The number of hydrogen-bond acceptors (Lipinski definition) is 4. The topological polar surface area (TPSA) is 34.6 Å². The molecule has 2 aliphatic heterocycles. The summed E-state index contributed by atoms with van der Waals surface area (Å²) in [6, 6.07) is 14.7. The van der Waals surface area contributed by atoms with E-state index in [0.717, 1.165) is 45.0 Å². The number of rotatable bonds is 6. The fourth-order valence-corrected chi connectivity index (χ4v) is 4.05. The van der Waals surface area contributed by atoms with Gasteiger partial charge in [-0.1, -0.05) is 35.9 Å². The molecule has 0 saturated carbocycles. The minimum Gasteiger partial charge on any atom is -0.375 e. The molecule has 1 atom stereocenters. The Morgan fingerprint density at radius 3 is 2.96 bits per heavy atom. The second kappa shape index (κ2) is 7.24. The fourth-order valence-electron chi connectivity index (χ4n) is 4.05. The van der Waals surface area contributed by atoms with Crippen molar-refractivity contribution in [1.82, 2.24) is 9.88 Å². The van der Waals surface area contributed by atoms with Crippen molar-refractivity contribution in [3.63, 3.8) is 0 Å². The van der Waals surface area contributed by atoms with Gasteiger partial charge in [0.05, 0.1) is 24.5 Å². The van der Waals surface area contributed by atoms with Crippen LogP contribution in [0.5, 0.6) is 0 Å². The summed E-state index contributed by atoms with van der Waals surface area (Å²) in [5.41, 5.74) is 3.71. The second-order valence-electron chi connectivity index (χ2n) is 7.37. The van der Waals surface area contributed by atoms with Gasteiger partial charge in [0, 0.05) is 38.4 Å². The van der Waals surface area contributed by atoms with E-state index < -0.39 is 0 Å². The molecule has 2 saturated heterocycles. The highest BCUT2D eigenvalue weighted by molar-refractivity contribution is 5.23. The number of likely N-dealkylation sites (tertiary alicyclic amines) is 1. The Labute approximate surface area is 149 Å². The zero-order valence-corrected chi connectivity index (χ0v) is 14.9. The van der Waals surface area contributed by atoms with E-state index in [4.69, 9.17) is 9.47 Å². The molecule has 2 aliphatic rings. The van der Waals surface area contributed by atoms with Crippen LogP contribution in [0.15, 0.2) is 48.7 Å². The zero-order chi connectivity index (χ0) is 17.1. The van der Waals surface area contributed by atoms with Gasteiger partial charge in [0.1, 0.15) is 0 Å². The summed E-state index contributed by atoms with van der Waals surface area (Å²) in [5, 5.41) is 0. The molecule has 4 heteroatoms. The number of hydrogen-bond donors (Lipinski definition) is 0. The molecule has 0 N–H and O–H groups in total. The molecule has 1 aromatic heterocycles. The molecule has 2 aromatic rings. The molecule has 3 heterocycles. The first kappa shape index (κ1) is 16.7. The monoisotopic (exact) mass is 338 g/mol. The molecule has 4 nitrogen and oxygen atoms in total. The van der Waals surface area contributed by atoms with Crippen molar-refractivity contribution < 1.29 is 9.47 Å². The van der Waals surface area contributed by atoms with Crippen molar-refractivity contribution in [2.45, 2.75) is 32.1 Å². The molecule has 0 bridgehead atoms. The van der Waals surface area contributed by atoms with Crippen molar-refractivity contribution >= 4 is 0 Å². The summed E-state index contributed by atoms with van der Waals surface area (Å²) in [4.78, 5) is 6.79. The molecule has 132 valence electrons. The van der Waals surface area contributed by atoms with E-state index in [-0.39, 0.29) is 5.60 Å². The van der Waals surface area contributed by atoms with Crippen LogP contribution in [0, 0.1) is 12.8 Å². The van der Waals surface area contributed by atoms with Crippen molar-refractivity contribution in [3.8, 4) is 0 Å². The minimum atomic E-state index is 0.00788. The highest BCUT2D eigenvalue weighted by atomic mass is 16.5. The first-order valence-electron chi connectivity index (χ1n) is 9.13. The lowest BCUT2D eigenvalue weighted by atomic mass is 9.81. The zero-order valence-electron chi connectivity index (χ0n) is 14.9. The van der Waals surface area contributed by atoms with Crippen molar-refractivity contribution in [1.29, 1.82) is 0 Å². The molecule has 2 fully saturated rings. The SMILES string of the molecule is Cc1cccc(CN2CC3(C2)OCCC3COCc2ccccn2)c1. The van der Waals surface area contributed by atoms with E-state index >= 15 is 0 Å². The Hall–Kier alpha value is -1.75. The summed E-state index contributed by atoms with van der Waals surface area (Å²) in [6.07, 6.45) is 2.91. The third kappa shape index (κ3) is 3.76. The number of nitrogens with zero attached hydrogens (tertiary/aromatic N) is 2. The Kier molecular flexibility index (Phi) is 4.84. The predicted octanol–water partition coefficient (Wildman–Crippen LogP) is 3.20. The molecule has 1 aromatic carbocycles. The third-order valence-corrected chi connectivity index (χ3v) is 5.37. The predicted molar refractivity (Wildman–Crippen MR) is 97.1 cm³/mol. The van der Waals surface area contributed by atoms with E-state index in [0.29, 0.717) is 12.5 Å². The second-order valence-corrected chi connectivity index (χ2v) is 7.37. The van der Waals surface area contributed by atoms with E-state index in [2.05, 4.69) is 41.1 Å². The van der Waals surface area contributed by atoms with Crippen LogP contribution in [0.25, 0.3) is 0 Å². The molecule has 0 amide bonds. The first-order chi connectivity index (χ1) is 12.2. The van der Waals surface area contributed by atoms with Crippen LogP contribution in [-0.2, 0) is 22.6 Å². The molecule has 0 radical (unpaired) electrons. The van der Waals surface area contributed by atoms with Gasteiger partial charge in [-0.3, -0.25) is 9.88 Å². The van der Waals surface area contributed by atoms with Crippen LogP contribution < -0.4 is 0 Å². The van der Waals surface area contributed by atoms with Gasteiger partial charge < -0.3 is 9.47 Å². The lowest BCUT2D eigenvalue weighted by Crippen LogP contribution is -2.64. The van der Waals surface area contributed by atoms with Crippen LogP contribution in [0.3, 0.4) is 0 Å². The molecule has 0 aliphatic carbocycles. The molecular weight excluding hydrogens is 312 g/mol. The van der Waals surface area contributed by atoms with E-state index in [1.54, 1.807) is 0 Å². The van der Waals surface area contributed by atoms with Crippen molar-refractivity contribution in [2.24, 2.45) is 5.92 Å².